The molecule has 142 valence electrons. The lowest BCUT2D eigenvalue weighted by molar-refractivity contribution is 0.0600. The van der Waals surface area contributed by atoms with Crippen molar-refractivity contribution >= 4 is 17.6 Å². The third-order valence-corrected chi connectivity index (χ3v) is 4.74. The van der Waals surface area contributed by atoms with Gasteiger partial charge in [0.2, 0.25) is 0 Å². The molecule has 1 heterocycles. The summed E-state index contributed by atoms with van der Waals surface area (Å²) in [5.74, 6) is 0.367. The molecule has 0 saturated carbocycles. The van der Waals surface area contributed by atoms with Crippen LogP contribution in [0.2, 0.25) is 0 Å². The molecule has 27 heavy (non-hydrogen) atoms. The zero-order chi connectivity index (χ0) is 19.2. The molecule has 1 aliphatic heterocycles. The van der Waals surface area contributed by atoms with Crippen LogP contribution in [0.15, 0.2) is 42.5 Å². The summed E-state index contributed by atoms with van der Waals surface area (Å²) in [5, 5.41) is 6.20. The van der Waals surface area contributed by atoms with Gasteiger partial charge in [-0.05, 0) is 67.7 Å². The minimum atomic E-state index is -0.472. The average Bonchev–Trinajstić information content (AvgIpc) is 3.20. The van der Waals surface area contributed by atoms with E-state index in [-0.39, 0.29) is 5.91 Å². The highest BCUT2D eigenvalue weighted by atomic mass is 16.5. The van der Waals surface area contributed by atoms with Gasteiger partial charge in [0.15, 0.2) is 0 Å². The van der Waals surface area contributed by atoms with Crippen LogP contribution < -0.4 is 15.4 Å². The fourth-order valence-electron chi connectivity index (χ4n) is 3.31. The number of amides is 1. The Morgan fingerprint density at radius 3 is 2.70 bits per heavy atom. The number of carbonyl (C=O) groups excluding carboxylic acids is 2. The van der Waals surface area contributed by atoms with E-state index in [0.717, 1.165) is 31.5 Å². The molecule has 1 saturated heterocycles. The van der Waals surface area contributed by atoms with Gasteiger partial charge in [-0.25, -0.2) is 4.79 Å². The number of anilines is 1. The van der Waals surface area contributed by atoms with Gasteiger partial charge in [0.1, 0.15) is 5.75 Å². The smallest absolute Gasteiger partial charge is 0.337 e. The Balaban J connectivity index is 1.77. The van der Waals surface area contributed by atoms with Crippen molar-refractivity contribution in [2.75, 3.05) is 32.6 Å². The SMILES string of the molecule is COC(=O)c1ccc(OC)c(NC(=O)c2cccc(CC3CCNC3)c2)c1. The number of ether oxygens (including phenoxy) is 2. The van der Waals surface area contributed by atoms with E-state index in [9.17, 15) is 9.59 Å². The highest BCUT2D eigenvalue weighted by Gasteiger charge is 2.17. The molecule has 0 aliphatic carbocycles. The number of hydrogen-bond donors (Lipinski definition) is 2. The van der Waals surface area contributed by atoms with E-state index in [4.69, 9.17) is 9.47 Å². The van der Waals surface area contributed by atoms with Crippen molar-refractivity contribution in [1.82, 2.24) is 5.32 Å². The van der Waals surface area contributed by atoms with Crippen molar-refractivity contribution in [2.45, 2.75) is 12.8 Å². The van der Waals surface area contributed by atoms with Crippen LogP contribution in [0.3, 0.4) is 0 Å². The van der Waals surface area contributed by atoms with E-state index in [1.807, 2.05) is 18.2 Å². The maximum absolute atomic E-state index is 12.7. The summed E-state index contributed by atoms with van der Waals surface area (Å²) >= 11 is 0. The first-order valence-electron chi connectivity index (χ1n) is 8.98. The number of rotatable bonds is 6. The van der Waals surface area contributed by atoms with Gasteiger partial charge in [-0.2, -0.15) is 0 Å². The van der Waals surface area contributed by atoms with Crippen molar-refractivity contribution in [3.05, 3.63) is 59.2 Å². The van der Waals surface area contributed by atoms with E-state index < -0.39 is 5.97 Å². The molecule has 2 N–H and O–H groups in total. The van der Waals surface area contributed by atoms with Crippen LogP contribution in [-0.4, -0.2) is 39.2 Å². The van der Waals surface area contributed by atoms with E-state index in [1.165, 1.54) is 14.2 Å². The summed E-state index contributed by atoms with van der Waals surface area (Å²) < 4.78 is 10.0. The fourth-order valence-corrected chi connectivity index (χ4v) is 3.31. The Morgan fingerprint density at radius 2 is 2.00 bits per heavy atom. The highest BCUT2D eigenvalue weighted by molar-refractivity contribution is 6.05. The lowest BCUT2D eigenvalue weighted by Gasteiger charge is -2.13. The first-order valence-corrected chi connectivity index (χ1v) is 8.98. The van der Waals surface area contributed by atoms with Crippen LogP contribution in [0, 0.1) is 5.92 Å². The fraction of sp³-hybridized carbons (Fsp3) is 0.333. The third-order valence-electron chi connectivity index (χ3n) is 4.74. The Kier molecular flexibility index (Phi) is 6.08. The van der Waals surface area contributed by atoms with Gasteiger partial charge in [0, 0.05) is 5.56 Å². The van der Waals surface area contributed by atoms with Crippen molar-refractivity contribution in [3.8, 4) is 5.75 Å². The third kappa shape index (κ3) is 4.65. The molecule has 0 aromatic heterocycles. The number of benzene rings is 2. The molecule has 2 aromatic carbocycles. The molecule has 0 spiro atoms. The van der Waals surface area contributed by atoms with Crippen molar-refractivity contribution in [2.24, 2.45) is 5.92 Å². The average molecular weight is 368 g/mol. The van der Waals surface area contributed by atoms with E-state index in [0.29, 0.717) is 28.5 Å². The van der Waals surface area contributed by atoms with Crippen LogP contribution in [0.4, 0.5) is 5.69 Å². The van der Waals surface area contributed by atoms with Crippen LogP contribution in [0.1, 0.15) is 32.7 Å². The highest BCUT2D eigenvalue weighted by Crippen LogP contribution is 2.26. The molecular formula is C21H24N2O4. The van der Waals surface area contributed by atoms with Crippen LogP contribution in [-0.2, 0) is 11.2 Å². The molecule has 0 radical (unpaired) electrons. The molecule has 0 bridgehead atoms. The predicted molar refractivity (Wildman–Crippen MR) is 103 cm³/mol. The normalized spacial score (nSPS) is 16.0. The number of methoxy groups -OCH3 is 2. The largest absolute Gasteiger partial charge is 0.495 e. The second-order valence-electron chi connectivity index (χ2n) is 6.62. The van der Waals surface area contributed by atoms with E-state index in [2.05, 4.69) is 10.6 Å². The molecule has 2 aromatic rings. The quantitative estimate of drug-likeness (QED) is 0.767. The van der Waals surface area contributed by atoms with Gasteiger partial charge in [-0.1, -0.05) is 12.1 Å². The summed E-state index contributed by atoms with van der Waals surface area (Å²) in [4.78, 5) is 24.5. The zero-order valence-corrected chi connectivity index (χ0v) is 15.6. The van der Waals surface area contributed by atoms with Crippen LogP contribution >= 0.6 is 0 Å². The Bertz CT molecular complexity index is 829. The maximum Gasteiger partial charge on any atom is 0.337 e. The molecule has 1 atom stereocenters. The topological polar surface area (TPSA) is 76.7 Å². The first kappa shape index (κ1) is 18.9. The lowest BCUT2D eigenvalue weighted by Crippen LogP contribution is -2.14. The summed E-state index contributed by atoms with van der Waals surface area (Å²) in [5.41, 5.74) is 2.49. The van der Waals surface area contributed by atoms with Crippen molar-refractivity contribution < 1.29 is 19.1 Å². The Labute approximate surface area is 158 Å². The molecule has 3 rings (SSSR count). The Hall–Kier alpha value is -2.86. The van der Waals surface area contributed by atoms with Crippen LogP contribution in [0.25, 0.3) is 0 Å². The van der Waals surface area contributed by atoms with E-state index >= 15 is 0 Å². The molecule has 1 unspecified atom stereocenters. The molecule has 1 amide bonds. The standard InChI is InChI=1S/C21H24N2O4/c1-26-19-7-6-17(21(25)27-2)12-18(19)23-20(24)16-5-3-4-14(11-16)10-15-8-9-22-13-15/h3-7,11-12,15,22H,8-10,13H2,1-2H3,(H,23,24). The predicted octanol–water partition coefficient (Wildman–Crippen LogP) is 2.89. The summed E-state index contributed by atoms with van der Waals surface area (Å²) in [6, 6.07) is 12.4. The molecule has 6 nitrogen and oxygen atoms in total. The first-order chi connectivity index (χ1) is 13.1. The zero-order valence-electron chi connectivity index (χ0n) is 15.6. The number of esters is 1. The summed E-state index contributed by atoms with van der Waals surface area (Å²) in [6.45, 7) is 2.08. The number of hydrogen-bond acceptors (Lipinski definition) is 5. The second kappa shape index (κ2) is 8.68. The maximum atomic E-state index is 12.7. The molecule has 1 fully saturated rings. The molecule has 6 heteroatoms. The monoisotopic (exact) mass is 368 g/mol. The second-order valence-corrected chi connectivity index (χ2v) is 6.62. The van der Waals surface area contributed by atoms with Crippen molar-refractivity contribution in [1.29, 1.82) is 0 Å². The van der Waals surface area contributed by atoms with Gasteiger partial charge in [-0.3, -0.25) is 4.79 Å². The molecule has 1 aliphatic rings. The van der Waals surface area contributed by atoms with Gasteiger partial charge in [0.25, 0.3) is 5.91 Å². The lowest BCUT2D eigenvalue weighted by atomic mass is 9.97. The van der Waals surface area contributed by atoms with Gasteiger partial charge in [-0.15, -0.1) is 0 Å². The van der Waals surface area contributed by atoms with Gasteiger partial charge < -0.3 is 20.1 Å². The number of carbonyl (C=O) groups is 2. The minimum absolute atomic E-state index is 0.248. The minimum Gasteiger partial charge on any atom is -0.495 e. The number of nitrogens with one attached hydrogen (secondary N) is 2. The van der Waals surface area contributed by atoms with Crippen LogP contribution in [0.5, 0.6) is 5.75 Å². The van der Waals surface area contributed by atoms with Crippen molar-refractivity contribution in [3.63, 3.8) is 0 Å². The summed E-state index contributed by atoms with van der Waals surface area (Å²) in [6.07, 6.45) is 2.11. The summed E-state index contributed by atoms with van der Waals surface area (Å²) in [7, 11) is 2.83. The van der Waals surface area contributed by atoms with Gasteiger partial charge >= 0.3 is 5.97 Å². The van der Waals surface area contributed by atoms with Gasteiger partial charge in [0.05, 0.1) is 25.5 Å². The van der Waals surface area contributed by atoms with E-state index in [1.54, 1.807) is 24.3 Å². The Morgan fingerprint density at radius 1 is 1.15 bits per heavy atom. The molecular weight excluding hydrogens is 344 g/mol.